The first-order valence-electron chi connectivity index (χ1n) is 5.14. The predicted molar refractivity (Wildman–Crippen MR) is 58.0 cm³/mol. The lowest BCUT2D eigenvalue weighted by Crippen LogP contribution is -2.38. The monoisotopic (exact) mass is 187 g/mol. The molecule has 1 unspecified atom stereocenters. The predicted octanol–water partition coefficient (Wildman–Crippen LogP) is 2.39. The second-order valence-corrected chi connectivity index (χ2v) is 4.99. The molecule has 0 saturated heterocycles. The summed E-state index contributed by atoms with van der Waals surface area (Å²) in [4.78, 5) is 2.19. The van der Waals surface area contributed by atoms with Crippen LogP contribution in [-0.2, 0) is 4.74 Å². The Hall–Kier alpha value is -0.0800. The van der Waals surface area contributed by atoms with Gasteiger partial charge in [0, 0.05) is 13.2 Å². The van der Waals surface area contributed by atoms with Crippen molar-refractivity contribution in [2.75, 3.05) is 27.2 Å². The molecule has 0 aliphatic rings. The molecule has 0 fully saturated rings. The molecule has 0 N–H and O–H groups in total. The molecule has 0 saturated carbocycles. The maximum atomic E-state index is 5.82. The highest BCUT2D eigenvalue weighted by atomic mass is 16.5. The minimum absolute atomic E-state index is 0.236. The molecule has 0 bridgehead atoms. The molecule has 13 heavy (non-hydrogen) atoms. The normalized spacial score (nSPS) is 15.0. The zero-order chi connectivity index (χ0) is 10.5. The Morgan fingerprint density at radius 3 is 2.08 bits per heavy atom. The van der Waals surface area contributed by atoms with Crippen molar-refractivity contribution >= 4 is 0 Å². The number of ether oxygens (including phenoxy) is 1. The van der Waals surface area contributed by atoms with Gasteiger partial charge < -0.3 is 9.64 Å². The fourth-order valence-electron chi connectivity index (χ4n) is 1.17. The van der Waals surface area contributed by atoms with Crippen molar-refractivity contribution in [1.82, 2.24) is 4.90 Å². The molecule has 0 aromatic rings. The Bertz CT molecular complexity index is 127. The van der Waals surface area contributed by atoms with Gasteiger partial charge in [0.1, 0.15) is 0 Å². The van der Waals surface area contributed by atoms with Gasteiger partial charge in [0.05, 0.1) is 6.10 Å². The average Bonchev–Trinajstić information content (AvgIpc) is 1.95. The van der Waals surface area contributed by atoms with E-state index in [9.17, 15) is 0 Å². The van der Waals surface area contributed by atoms with Crippen molar-refractivity contribution in [2.45, 2.75) is 40.2 Å². The molecule has 80 valence electrons. The van der Waals surface area contributed by atoms with E-state index in [2.05, 4.69) is 46.7 Å². The van der Waals surface area contributed by atoms with Crippen LogP contribution in [0, 0.1) is 5.41 Å². The Morgan fingerprint density at radius 2 is 1.77 bits per heavy atom. The molecule has 0 aliphatic carbocycles. The summed E-state index contributed by atoms with van der Waals surface area (Å²) in [5.41, 5.74) is 0.236. The third-order valence-corrected chi connectivity index (χ3v) is 2.02. The quantitative estimate of drug-likeness (QED) is 0.655. The molecule has 2 heteroatoms. The highest BCUT2D eigenvalue weighted by Gasteiger charge is 2.25. The van der Waals surface area contributed by atoms with Crippen LogP contribution in [0.1, 0.15) is 34.1 Å². The molecule has 0 heterocycles. The van der Waals surface area contributed by atoms with Gasteiger partial charge in [-0.25, -0.2) is 0 Å². The molecule has 1 atom stereocenters. The molecular formula is C11H25NO. The third-order valence-electron chi connectivity index (χ3n) is 2.02. The molecule has 0 radical (unpaired) electrons. The fourth-order valence-corrected chi connectivity index (χ4v) is 1.17. The van der Waals surface area contributed by atoms with Gasteiger partial charge in [0.15, 0.2) is 0 Å². The molecular weight excluding hydrogens is 162 g/mol. The first-order valence-corrected chi connectivity index (χ1v) is 5.14. The molecule has 0 aromatic carbocycles. The lowest BCUT2D eigenvalue weighted by molar-refractivity contribution is -0.0305. The molecule has 0 aromatic heterocycles. The lowest BCUT2D eigenvalue weighted by atomic mass is 9.88. The fraction of sp³-hybridized carbons (Fsp3) is 1.00. The Kier molecular flexibility index (Phi) is 5.57. The van der Waals surface area contributed by atoms with Gasteiger partial charge in [-0.1, -0.05) is 27.7 Å². The molecule has 0 rings (SSSR count). The van der Waals surface area contributed by atoms with Crippen LogP contribution in [0.5, 0.6) is 0 Å². The second-order valence-electron chi connectivity index (χ2n) is 4.99. The minimum Gasteiger partial charge on any atom is -0.376 e. The Labute approximate surface area is 83.3 Å². The summed E-state index contributed by atoms with van der Waals surface area (Å²) < 4.78 is 5.82. The summed E-state index contributed by atoms with van der Waals surface area (Å²) in [6.07, 6.45) is 1.43. The smallest absolute Gasteiger partial charge is 0.0749 e. The van der Waals surface area contributed by atoms with E-state index in [1.807, 2.05) is 0 Å². The van der Waals surface area contributed by atoms with Crippen molar-refractivity contribution in [2.24, 2.45) is 5.41 Å². The van der Waals surface area contributed by atoms with Gasteiger partial charge >= 0.3 is 0 Å². The minimum atomic E-state index is 0.236. The van der Waals surface area contributed by atoms with Crippen molar-refractivity contribution in [3.05, 3.63) is 0 Å². The van der Waals surface area contributed by atoms with Crippen LogP contribution in [0.4, 0.5) is 0 Å². The largest absolute Gasteiger partial charge is 0.376 e. The number of nitrogens with zero attached hydrogens (tertiary/aromatic N) is 1. The highest BCUT2D eigenvalue weighted by molar-refractivity contribution is 4.76. The van der Waals surface area contributed by atoms with Crippen molar-refractivity contribution < 1.29 is 4.74 Å². The maximum Gasteiger partial charge on any atom is 0.0749 e. The van der Waals surface area contributed by atoms with E-state index >= 15 is 0 Å². The average molecular weight is 187 g/mol. The van der Waals surface area contributed by atoms with Crippen LogP contribution in [0.2, 0.25) is 0 Å². The van der Waals surface area contributed by atoms with E-state index in [-0.39, 0.29) is 5.41 Å². The van der Waals surface area contributed by atoms with Crippen LogP contribution >= 0.6 is 0 Å². The van der Waals surface area contributed by atoms with Gasteiger partial charge in [-0.05, 0) is 25.9 Å². The zero-order valence-electron chi connectivity index (χ0n) is 10.1. The van der Waals surface area contributed by atoms with E-state index in [0.717, 1.165) is 19.6 Å². The van der Waals surface area contributed by atoms with Crippen molar-refractivity contribution in [1.29, 1.82) is 0 Å². The first-order chi connectivity index (χ1) is 5.88. The molecule has 0 amide bonds. The number of hydrogen-bond acceptors (Lipinski definition) is 2. The Morgan fingerprint density at radius 1 is 1.23 bits per heavy atom. The summed E-state index contributed by atoms with van der Waals surface area (Å²) in [6.45, 7) is 10.7. The van der Waals surface area contributed by atoms with E-state index in [0.29, 0.717) is 6.10 Å². The van der Waals surface area contributed by atoms with Gasteiger partial charge in [-0.15, -0.1) is 0 Å². The van der Waals surface area contributed by atoms with Crippen molar-refractivity contribution in [3.63, 3.8) is 0 Å². The molecule has 0 aliphatic heterocycles. The molecule has 0 spiro atoms. The van der Waals surface area contributed by atoms with Gasteiger partial charge in [-0.3, -0.25) is 0 Å². The zero-order valence-corrected chi connectivity index (χ0v) is 10.1. The van der Waals surface area contributed by atoms with Crippen LogP contribution in [-0.4, -0.2) is 38.3 Å². The van der Waals surface area contributed by atoms with Gasteiger partial charge in [-0.2, -0.15) is 0 Å². The summed E-state index contributed by atoms with van der Waals surface area (Å²) in [6, 6.07) is 0. The standard InChI is InChI=1S/C11H25NO/c1-7-8-13-10(9-12(5)6)11(2,3)4/h10H,7-9H2,1-6H3. The SMILES string of the molecule is CCCOC(CN(C)C)C(C)(C)C. The van der Waals surface area contributed by atoms with Gasteiger partial charge in [0.25, 0.3) is 0 Å². The lowest BCUT2D eigenvalue weighted by Gasteiger charge is -2.32. The van der Waals surface area contributed by atoms with E-state index in [4.69, 9.17) is 4.74 Å². The number of rotatable bonds is 5. The summed E-state index contributed by atoms with van der Waals surface area (Å²) in [7, 11) is 4.18. The van der Waals surface area contributed by atoms with Crippen molar-refractivity contribution in [3.8, 4) is 0 Å². The maximum absolute atomic E-state index is 5.82. The molecule has 2 nitrogen and oxygen atoms in total. The van der Waals surface area contributed by atoms with Gasteiger partial charge in [0.2, 0.25) is 0 Å². The summed E-state index contributed by atoms with van der Waals surface area (Å²) in [5, 5.41) is 0. The third kappa shape index (κ3) is 6.05. The number of likely N-dealkylation sites (N-methyl/N-ethyl adjacent to an activating group) is 1. The second kappa shape index (κ2) is 5.61. The van der Waals surface area contributed by atoms with Crippen LogP contribution in [0.3, 0.4) is 0 Å². The Balaban J connectivity index is 4.03. The highest BCUT2D eigenvalue weighted by Crippen LogP contribution is 2.22. The van der Waals surface area contributed by atoms with Crippen LogP contribution < -0.4 is 0 Å². The van der Waals surface area contributed by atoms with E-state index in [1.54, 1.807) is 0 Å². The van der Waals surface area contributed by atoms with E-state index < -0.39 is 0 Å². The first kappa shape index (κ1) is 12.9. The van der Waals surface area contributed by atoms with Crippen LogP contribution in [0.15, 0.2) is 0 Å². The van der Waals surface area contributed by atoms with Crippen LogP contribution in [0.25, 0.3) is 0 Å². The number of hydrogen-bond donors (Lipinski definition) is 0. The van der Waals surface area contributed by atoms with E-state index in [1.165, 1.54) is 0 Å². The topological polar surface area (TPSA) is 12.5 Å². The summed E-state index contributed by atoms with van der Waals surface area (Å²) in [5.74, 6) is 0. The summed E-state index contributed by atoms with van der Waals surface area (Å²) >= 11 is 0.